The van der Waals surface area contributed by atoms with Gasteiger partial charge >= 0.3 is 0 Å². The Kier molecular flexibility index (Phi) is 7.45. The van der Waals surface area contributed by atoms with E-state index in [4.69, 9.17) is 16.6 Å². The summed E-state index contributed by atoms with van der Waals surface area (Å²) in [5.74, 6) is -2.52. The van der Waals surface area contributed by atoms with Crippen molar-refractivity contribution in [1.29, 1.82) is 0 Å². The molecular weight excluding hydrogens is 554 g/mol. The lowest BCUT2D eigenvalue weighted by Crippen LogP contribution is -2.44. The largest absolute Gasteiger partial charge is 0.283 e. The number of aryl methyl sites for hydroxylation is 1. The van der Waals surface area contributed by atoms with Crippen LogP contribution in [0.3, 0.4) is 0 Å². The Balaban J connectivity index is 1.40. The number of anilines is 1. The van der Waals surface area contributed by atoms with Crippen molar-refractivity contribution in [3.05, 3.63) is 82.6 Å². The number of benzene rings is 2. The van der Waals surface area contributed by atoms with Gasteiger partial charge in [0, 0.05) is 36.4 Å². The molecule has 1 aliphatic rings. The molecule has 5 rings (SSSR count). The van der Waals surface area contributed by atoms with E-state index in [9.17, 15) is 22.0 Å². The minimum absolute atomic E-state index is 0.00395. The van der Waals surface area contributed by atoms with Crippen molar-refractivity contribution in [1.82, 2.24) is 14.3 Å². The molecule has 2 aromatic heterocycles. The van der Waals surface area contributed by atoms with Crippen LogP contribution < -0.4 is 4.90 Å². The van der Waals surface area contributed by atoms with Crippen LogP contribution in [0.25, 0.3) is 10.2 Å². The molecule has 1 amide bonds. The first-order chi connectivity index (χ1) is 18.1. The molecule has 3 heterocycles. The van der Waals surface area contributed by atoms with Crippen LogP contribution in [0.5, 0.6) is 0 Å². The molecule has 0 atom stereocenters. The molecule has 4 aromatic rings. The van der Waals surface area contributed by atoms with Crippen molar-refractivity contribution in [2.24, 2.45) is 5.92 Å². The first-order valence-corrected chi connectivity index (χ1v) is 14.5. The maximum atomic E-state index is 14.2. The molecule has 7 nitrogen and oxygen atoms in total. The Bertz CT molecular complexity index is 1610. The molecule has 0 N–H and O–H groups in total. The van der Waals surface area contributed by atoms with E-state index >= 15 is 0 Å². The van der Waals surface area contributed by atoms with E-state index < -0.39 is 32.5 Å². The van der Waals surface area contributed by atoms with Crippen LogP contribution in [0.2, 0.25) is 5.02 Å². The van der Waals surface area contributed by atoms with E-state index in [0.29, 0.717) is 16.2 Å². The van der Waals surface area contributed by atoms with Gasteiger partial charge in [0.25, 0.3) is 0 Å². The molecule has 1 fully saturated rings. The summed E-state index contributed by atoms with van der Waals surface area (Å²) >= 11 is 7.66. The number of carbonyl (C=O) groups excluding carboxylic acids is 1. The third-order valence-electron chi connectivity index (χ3n) is 6.61. The molecule has 198 valence electrons. The highest BCUT2D eigenvalue weighted by Crippen LogP contribution is 2.36. The number of hydrogen-bond acceptors (Lipinski definition) is 6. The maximum Gasteiger partial charge on any atom is 0.246 e. The van der Waals surface area contributed by atoms with Crippen molar-refractivity contribution in [3.63, 3.8) is 0 Å². The number of amides is 1. The second-order valence-electron chi connectivity index (χ2n) is 9.05. The van der Waals surface area contributed by atoms with Crippen LogP contribution in [-0.2, 0) is 21.4 Å². The van der Waals surface area contributed by atoms with E-state index in [2.05, 4.69) is 4.98 Å². The van der Waals surface area contributed by atoms with Gasteiger partial charge < -0.3 is 0 Å². The standard InChI is InChI=1S/C26H23ClF2N4O3S2/c1-16-20(27)5-7-22-24(16)31-26(37-22)33(15-17-3-2-10-30-14-17)25(34)18-8-11-32(12-9-18)38(35,36)23-13-19(28)4-6-21(23)29/h2-7,10,13-14,18H,8-9,11-12,15H2,1H3. The SMILES string of the molecule is Cc1c(Cl)ccc2sc(N(Cc3cccnc3)C(=O)C3CCN(S(=O)(=O)c4cc(F)ccc4F)CC3)nc12. The molecule has 1 aliphatic heterocycles. The predicted octanol–water partition coefficient (Wildman–Crippen LogP) is 5.57. The van der Waals surface area contributed by atoms with Gasteiger partial charge in [0.15, 0.2) is 5.13 Å². The molecule has 38 heavy (non-hydrogen) atoms. The highest BCUT2D eigenvalue weighted by Gasteiger charge is 2.36. The fourth-order valence-electron chi connectivity index (χ4n) is 4.50. The average Bonchev–Trinajstić information content (AvgIpc) is 3.36. The zero-order valence-corrected chi connectivity index (χ0v) is 22.7. The number of sulfonamides is 1. The number of halogens is 3. The quantitative estimate of drug-likeness (QED) is 0.300. The minimum Gasteiger partial charge on any atom is -0.283 e. The monoisotopic (exact) mass is 576 g/mol. The number of rotatable bonds is 6. The lowest BCUT2D eigenvalue weighted by atomic mass is 9.96. The smallest absolute Gasteiger partial charge is 0.246 e. The number of thiazole rings is 1. The van der Waals surface area contributed by atoms with Crippen LogP contribution >= 0.6 is 22.9 Å². The van der Waals surface area contributed by atoms with Crippen molar-refractivity contribution >= 4 is 54.2 Å². The third kappa shape index (κ3) is 5.15. The number of pyridine rings is 1. The van der Waals surface area contributed by atoms with Gasteiger partial charge in [-0.25, -0.2) is 22.2 Å². The van der Waals surface area contributed by atoms with Crippen LogP contribution in [0.15, 0.2) is 59.8 Å². The van der Waals surface area contributed by atoms with E-state index in [0.717, 1.165) is 37.8 Å². The summed E-state index contributed by atoms with van der Waals surface area (Å²) in [7, 11) is -4.25. The fourth-order valence-corrected chi connectivity index (χ4v) is 7.22. The van der Waals surface area contributed by atoms with Gasteiger partial charge in [-0.05, 0) is 67.3 Å². The van der Waals surface area contributed by atoms with Crippen molar-refractivity contribution in [2.45, 2.75) is 31.2 Å². The lowest BCUT2D eigenvalue weighted by molar-refractivity contribution is -0.123. The van der Waals surface area contributed by atoms with Crippen molar-refractivity contribution in [2.75, 3.05) is 18.0 Å². The van der Waals surface area contributed by atoms with E-state index in [-0.39, 0.29) is 38.4 Å². The Morgan fingerprint density at radius 3 is 2.66 bits per heavy atom. The summed E-state index contributed by atoms with van der Waals surface area (Å²) in [4.78, 5) is 23.6. The number of aromatic nitrogens is 2. The molecule has 12 heteroatoms. The molecule has 0 unspecified atom stereocenters. The summed E-state index contributed by atoms with van der Waals surface area (Å²) in [6.07, 6.45) is 3.79. The first-order valence-electron chi connectivity index (χ1n) is 11.9. The second-order valence-corrected chi connectivity index (χ2v) is 12.4. The molecule has 0 saturated carbocycles. The number of nitrogens with zero attached hydrogens (tertiary/aromatic N) is 4. The molecular formula is C26H23ClF2N4O3S2. The van der Waals surface area contributed by atoms with Crippen LogP contribution in [0.1, 0.15) is 24.0 Å². The first kappa shape index (κ1) is 26.6. The fraction of sp³-hybridized carbons (Fsp3) is 0.269. The van der Waals surface area contributed by atoms with E-state index in [1.807, 2.05) is 19.1 Å². The van der Waals surface area contributed by atoms with Gasteiger partial charge in [0.1, 0.15) is 16.5 Å². The van der Waals surface area contributed by atoms with Crippen LogP contribution in [0, 0.1) is 24.5 Å². The number of carbonyl (C=O) groups is 1. The van der Waals surface area contributed by atoms with Crippen molar-refractivity contribution < 1.29 is 22.0 Å². The predicted molar refractivity (Wildman–Crippen MR) is 143 cm³/mol. The van der Waals surface area contributed by atoms with E-state index in [1.54, 1.807) is 29.4 Å². The molecule has 0 radical (unpaired) electrons. The minimum atomic E-state index is -4.25. The van der Waals surface area contributed by atoms with Gasteiger partial charge in [0.05, 0.1) is 16.8 Å². The summed E-state index contributed by atoms with van der Waals surface area (Å²) in [5.41, 5.74) is 2.36. The Morgan fingerprint density at radius 2 is 1.95 bits per heavy atom. The van der Waals surface area contributed by atoms with Gasteiger partial charge in [0.2, 0.25) is 15.9 Å². The van der Waals surface area contributed by atoms with Gasteiger partial charge in [-0.3, -0.25) is 14.7 Å². The summed E-state index contributed by atoms with van der Waals surface area (Å²) < 4.78 is 55.8. The third-order valence-corrected chi connectivity index (χ3v) is 9.98. The van der Waals surface area contributed by atoms with Crippen molar-refractivity contribution in [3.8, 4) is 0 Å². The van der Waals surface area contributed by atoms with Crippen LogP contribution in [-0.4, -0.2) is 41.7 Å². The normalized spacial score (nSPS) is 15.2. The number of hydrogen-bond donors (Lipinski definition) is 0. The van der Waals surface area contributed by atoms with E-state index in [1.165, 1.54) is 11.3 Å². The van der Waals surface area contributed by atoms with Gasteiger partial charge in [-0.1, -0.05) is 29.0 Å². The highest BCUT2D eigenvalue weighted by molar-refractivity contribution is 7.89. The van der Waals surface area contributed by atoms with Crippen LogP contribution in [0.4, 0.5) is 13.9 Å². The second kappa shape index (κ2) is 10.6. The zero-order chi connectivity index (χ0) is 27.0. The summed E-state index contributed by atoms with van der Waals surface area (Å²) in [6.45, 7) is 2.12. The summed E-state index contributed by atoms with van der Waals surface area (Å²) in [5, 5.41) is 1.10. The number of fused-ring (bicyclic) bond motifs is 1. The molecule has 0 aliphatic carbocycles. The summed E-state index contributed by atoms with van der Waals surface area (Å²) in [6, 6.07) is 9.66. The topological polar surface area (TPSA) is 83.5 Å². The molecule has 0 bridgehead atoms. The Labute approximate surface area is 227 Å². The Hall–Kier alpha value is -2.99. The molecule has 0 spiro atoms. The average molecular weight is 577 g/mol. The lowest BCUT2D eigenvalue weighted by Gasteiger charge is -2.33. The molecule has 1 saturated heterocycles. The Morgan fingerprint density at radius 1 is 1.18 bits per heavy atom. The maximum absolute atomic E-state index is 14.2. The highest BCUT2D eigenvalue weighted by atomic mass is 35.5. The van der Waals surface area contributed by atoms with Gasteiger partial charge in [-0.2, -0.15) is 4.31 Å². The number of piperidine rings is 1. The zero-order valence-electron chi connectivity index (χ0n) is 20.3. The van der Waals surface area contributed by atoms with Gasteiger partial charge in [-0.15, -0.1) is 0 Å². The molecule has 2 aromatic carbocycles.